The fourth-order valence-electron chi connectivity index (χ4n) is 3.22. The number of carbonyl (C=O) groups is 2. The van der Waals surface area contributed by atoms with Gasteiger partial charge in [-0.15, -0.1) is 0 Å². The van der Waals surface area contributed by atoms with E-state index in [-0.39, 0.29) is 18.1 Å². The van der Waals surface area contributed by atoms with Crippen molar-refractivity contribution in [1.29, 1.82) is 0 Å². The molecule has 0 unspecified atom stereocenters. The summed E-state index contributed by atoms with van der Waals surface area (Å²) >= 11 is 0. The lowest BCUT2D eigenvalue weighted by molar-refractivity contribution is -0.154. The van der Waals surface area contributed by atoms with E-state index in [0.29, 0.717) is 6.54 Å². The molecule has 3 atom stereocenters. The fourth-order valence-corrected chi connectivity index (χ4v) is 3.22. The third kappa shape index (κ3) is 2.29. The number of nitrogens with two attached hydrogens (primary N) is 1. The molecule has 1 saturated carbocycles. The van der Waals surface area contributed by atoms with Gasteiger partial charge in [0, 0.05) is 12.6 Å². The van der Waals surface area contributed by atoms with Gasteiger partial charge in [-0.2, -0.15) is 0 Å². The minimum absolute atomic E-state index is 0.0177. The molecule has 0 radical (unpaired) electrons. The molecule has 2 amide bonds. The van der Waals surface area contributed by atoms with Crippen LogP contribution >= 0.6 is 0 Å². The van der Waals surface area contributed by atoms with Gasteiger partial charge in [-0.25, -0.2) is 0 Å². The summed E-state index contributed by atoms with van der Waals surface area (Å²) in [6.45, 7) is 0.473. The number of nitrogens with one attached hydrogen (secondary N) is 1. The molecule has 5 nitrogen and oxygen atoms in total. The molecule has 106 valence electrons. The van der Waals surface area contributed by atoms with Gasteiger partial charge in [-0.3, -0.25) is 9.59 Å². The van der Waals surface area contributed by atoms with Gasteiger partial charge in [0.15, 0.2) is 0 Å². The van der Waals surface area contributed by atoms with Gasteiger partial charge >= 0.3 is 11.8 Å². The van der Waals surface area contributed by atoms with E-state index in [2.05, 4.69) is 5.32 Å². The third-order valence-electron chi connectivity index (χ3n) is 4.26. The molecule has 1 aromatic rings. The Kier molecular flexibility index (Phi) is 3.44. The van der Waals surface area contributed by atoms with Crippen LogP contribution in [0.2, 0.25) is 0 Å². The largest absolute Gasteiger partial charge is 0.341 e. The molecule has 20 heavy (non-hydrogen) atoms. The predicted octanol–water partition coefficient (Wildman–Crippen LogP) is 0.393. The van der Waals surface area contributed by atoms with Crippen LogP contribution < -0.4 is 11.1 Å². The predicted molar refractivity (Wildman–Crippen MR) is 74.5 cm³/mol. The number of fused-ring (bicyclic) bond motifs is 1. The first-order valence-corrected chi connectivity index (χ1v) is 7.08. The maximum atomic E-state index is 12.2. The molecule has 2 fully saturated rings. The van der Waals surface area contributed by atoms with Gasteiger partial charge in [0.25, 0.3) is 0 Å². The zero-order valence-electron chi connectivity index (χ0n) is 11.3. The number of nitrogens with zero attached hydrogens (tertiary/aromatic N) is 1. The first-order chi connectivity index (χ1) is 9.66. The molecule has 1 aromatic carbocycles. The Hall–Kier alpha value is -1.88. The second-order valence-corrected chi connectivity index (χ2v) is 5.58. The summed E-state index contributed by atoms with van der Waals surface area (Å²) in [6, 6.07) is 9.59. The van der Waals surface area contributed by atoms with Crippen LogP contribution in [0.25, 0.3) is 0 Å². The van der Waals surface area contributed by atoms with Crippen molar-refractivity contribution in [3.63, 3.8) is 0 Å². The Morgan fingerprint density at radius 1 is 1.20 bits per heavy atom. The fraction of sp³-hybridized carbons (Fsp3) is 0.467. The van der Waals surface area contributed by atoms with Crippen molar-refractivity contribution < 1.29 is 9.59 Å². The summed E-state index contributed by atoms with van der Waals surface area (Å²) in [5.41, 5.74) is 7.14. The van der Waals surface area contributed by atoms with Crippen molar-refractivity contribution in [1.82, 2.24) is 10.2 Å². The van der Waals surface area contributed by atoms with Gasteiger partial charge in [0.1, 0.15) is 0 Å². The van der Waals surface area contributed by atoms with Crippen molar-refractivity contribution in [3.05, 3.63) is 35.9 Å². The molecule has 0 aromatic heterocycles. The van der Waals surface area contributed by atoms with E-state index in [1.807, 2.05) is 30.3 Å². The first kappa shape index (κ1) is 13.1. The highest BCUT2D eigenvalue weighted by molar-refractivity contribution is 6.35. The summed E-state index contributed by atoms with van der Waals surface area (Å²) < 4.78 is 0. The van der Waals surface area contributed by atoms with Crippen LogP contribution in [0.3, 0.4) is 0 Å². The van der Waals surface area contributed by atoms with E-state index in [1.165, 1.54) is 0 Å². The lowest BCUT2D eigenvalue weighted by Gasteiger charge is -2.46. The standard InChI is InChI=1S/C15H19N3O2/c16-11-7-4-8-12-13(11)17-14(19)15(20)18(12)9-10-5-2-1-3-6-10/h1-3,5-6,11-13H,4,7-9,16H2,(H,17,19)/t11-,12+,13+/m1/s1. The SMILES string of the molecule is N[C@@H]1CCC[C@H]2[C@H]1NC(=O)C(=O)N2Cc1ccccc1. The molecule has 5 heteroatoms. The first-order valence-electron chi connectivity index (χ1n) is 7.08. The quantitative estimate of drug-likeness (QED) is 0.766. The zero-order chi connectivity index (χ0) is 14.1. The molecular weight excluding hydrogens is 254 g/mol. The van der Waals surface area contributed by atoms with Crippen molar-refractivity contribution in [2.24, 2.45) is 5.73 Å². The molecular formula is C15H19N3O2. The topological polar surface area (TPSA) is 75.4 Å². The van der Waals surface area contributed by atoms with E-state index in [0.717, 1.165) is 24.8 Å². The van der Waals surface area contributed by atoms with Gasteiger partial charge < -0.3 is 16.0 Å². The van der Waals surface area contributed by atoms with Crippen molar-refractivity contribution in [2.75, 3.05) is 0 Å². The Balaban J connectivity index is 1.85. The number of piperazine rings is 1. The zero-order valence-corrected chi connectivity index (χ0v) is 11.3. The van der Waals surface area contributed by atoms with E-state index >= 15 is 0 Å². The number of carbonyl (C=O) groups excluding carboxylic acids is 2. The maximum absolute atomic E-state index is 12.2. The van der Waals surface area contributed by atoms with E-state index < -0.39 is 11.8 Å². The number of benzene rings is 1. The van der Waals surface area contributed by atoms with Crippen molar-refractivity contribution in [3.8, 4) is 0 Å². The third-order valence-corrected chi connectivity index (χ3v) is 4.26. The molecule has 1 heterocycles. The van der Waals surface area contributed by atoms with Crippen LogP contribution in [0.5, 0.6) is 0 Å². The van der Waals surface area contributed by atoms with Crippen LogP contribution in [-0.2, 0) is 16.1 Å². The van der Waals surface area contributed by atoms with E-state index in [9.17, 15) is 9.59 Å². The maximum Gasteiger partial charge on any atom is 0.312 e. The van der Waals surface area contributed by atoms with Gasteiger partial charge in [-0.1, -0.05) is 30.3 Å². The number of amides is 2. The normalized spacial score (nSPS) is 29.9. The number of hydrogen-bond donors (Lipinski definition) is 2. The van der Waals surface area contributed by atoms with Crippen LogP contribution in [0.4, 0.5) is 0 Å². The summed E-state index contributed by atoms with van der Waals surface area (Å²) in [5, 5.41) is 2.78. The minimum Gasteiger partial charge on any atom is -0.341 e. The van der Waals surface area contributed by atoms with Crippen LogP contribution in [0, 0.1) is 0 Å². The summed E-state index contributed by atoms with van der Waals surface area (Å²) in [6.07, 6.45) is 2.79. The molecule has 3 N–H and O–H groups in total. The van der Waals surface area contributed by atoms with Gasteiger partial charge in [-0.05, 0) is 24.8 Å². The second-order valence-electron chi connectivity index (χ2n) is 5.58. The van der Waals surface area contributed by atoms with E-state index in [4.69, 9.17) is 5.73 Å². The van der Waals surface area contributed by atoms with E-state index in [1.54, 1.807) is 4.90 Å². The van der Waals surface area contributed by atoms with Crippen LogP contribution in [-0.4, -0.2) is 34.8 Å². The molecule has 3 rings (SSSR count). The summed E-state index contributed by atoms with van der Waals surface area (Å²) in [4.78, 5) is 25.7. The lowest BCUT2D eigenvalue weighted by atomic mass is 9.83. The molecule has 0 bridgehead atoms. The average molecular weight is 273 g/mol. The van der Waals surface area contributed by atoms with Crippen molar-refractivity contribution >= 4 is 11.8 Å². The highest BCUT2D eigenvalue weighted by Crippen LogP contribution is 2.27. The molecule has 0 spiro atoms. The van der Waals surface area contributed by atoms with Crippen molar-refractivity contribution in [2.45, 2.75) is 43.9 Å². The lowest BCUT2D eigenvalue weighted by Crippen LogP contribution is -2.69. The molecule has 2 aliphatic rings. The highest BCUT2D eigenvalue weighted by Gasteiger charge is 2.44. The number of hydrogen-bond acceptors (Lipinski definition) is 3. The van der Waals surface area contributed by atoms with Crippen LogP contribution in [0.1, 0.15) is 24.8 Å². The monoisotopic (exact) mass is 273 g/mol. The van der Waals surface area contributed by atoms with Gasteiger partial charge in [0.05, 0.1) is 12.1 Å². The van der Waals surface area contributed by atoms with Gasteiger partial charge in [0.2, 0.25) is 0 Å². The summed E-state index contributed by atoms with van der Waals surface area (Å²) in [7, 11) is 0. The average Bonchev–Trinajstić information content (AvgIpc) is 2.46. The Morgan fingerprint density at radius 2 is 1.95 bits per heavy atom. The Labute approximate surface area is 118 Å². The summed E-state index contributed by atoms with van der Waals surface area (Å²) in [5.74, 6) is -0.969. The highest BCUT2D eigenvalue weighted by atomic mass is 16.2. The Morgan fingerprint density at radius 3 is 2.70 bits per heavy atom. The molecule has 1 saturated heterocycles. The minimum atomic E-state index is -0.528. The van der Waals surface area contributed by atoms with Crippen LogP contribution in [0.15, 0.2) is 30.3 Å². The molecule has 1 aliphatic heterocycles. The number of rotatable bonds is 2. The molecule has 1 aliphatic carbocycles. The second kappa shape index (κ2) is 5.25. The smallest absolute Gasteiger partial charge is 0.312 e. The Bertz CT molecular complexity index is 517.